The van der Waals surface area contributed by atoms with E-state index in [-0.39, 0.29) is 35.8 Å². The van der Waals surface area contributed by atoms with Gasteiger partial charge in [0.1, 0.15) is 5.82 Å². The van der Waals surface area contributed by atoms with Gasteiger partial charge in [-0.2, -0.15) is 0 Å². The number of carbonyl (C=O) groups excluding carboxylic acids is 2. The van der Waals surface area contributed by atoms with Gasteiger partial charge in [-0.25, -0.2) is 9.37 Å². The van der Waals surface area contributed by atoms with Gasteiger partial charge in [0, 0.05) is 25.7 Å². The molecule has 1 aromatic heterocycles. The number of carbonyl (C=O) groups is 2. The van der Waals surface area contributed by atoms with Crippen LogP contribution in [0.5, 0.6) is 0 Å². The van der Waals surface area contributed by atoms with Crippen LogP contribution >= 0.6 is 11.8 Å². The number of pyridine rings is 1. The Morgan fingerprint density at radius 3 is 2.96 bits per heavy atom. The molecular formula is C18H18FN3O2S. The third-order valence-electron chi connectivity index (χ3n) is 3.83. The Kier molecular flexibility index (Phi) is 5.65. The number of halogens is 1. The van der Waals surface area contributed by atoms with Gasteiger partial charge in [-0.1, -0.05) is 30.0 Å². The van der Waals surface area contributed by atoms with E-state index in [0.717, 1.165) is 10.6 Å². The number of rotatable bonds is 6. The van der Waals surface area contributed by atoms with Crippen molar-refractivity contribution in [2.45, 2.75) is 24.0 Å². The quantitative estimate of drug-likeness (QED) is 0.804. The minimum atomic E-state index is -0.319. The summed E-state index contributed by atoms with van der Waals surface area (Å²) in [5.41, 5.74) is 0.742. The Labute approximate surface area is 149 Å². The summed E-state index contributed by atoms with van der Waals surface area (Å²) in [6, 6.07) is 11.5. The van der Waals surface area contributed by atoms with E-state index < -0.39 is 0 Å². The first-order valence-electron chi connectivity index (χ1n) is 7.95. The van der Waals surface area contributed by atoms with Gasteiger partial charge in [0.05, 0.1) is 16.8 Å². The first kappa shape index (κ1) is 17.4. The maximum Gasteiger partial charge on any atom is 0.230 e. The summed E-state index contributed by atoms with van der Waals surface area (Å²) in [5.74, 6) is -0.223. The monoisotopic (exact) mass is 359 g/mol. The number of thioether (sulfide) groups is 1. The van der Waals surface area contributed by atoms with Crippen LogP contribution in [0.15, 0.2) is 53.7 Å². The normalized spacial score (nSPS) is 16.9. The molecular weight excluding hydrogens is 341 g/mol. The van der Waals surface area contributed by atoms with Gasteiger partial charge in [-0.15, -0.1) is 0 Å². The Morgan fingerprint density at radius 1 is 1.32 bits per heavy atom. The summed E-state index contributed by atoms with van der Waals surface area (Å²) in [4.78, 5) is 29.9. The van der Waals surface area contributed by atoms with Crippen LogP contribution in [0.2, 0.25) is 0 Å². The smallest absolute Gasteiger partial charge is 0.230 e. The summed E-state index contributed by atoms with van der Waals surface area (Å²) >= 11 is 1.35. The molecule has 0 unspecified atom stereocenters. The molecule has 2 aromatic rings. The molecule has 0 spiro atoms. The van der Waals surface area contributed by atoms with Crippen LogP contribution in [-0.2, 0) is 16.1 Å². The van der Waals surface area contributed by atoms with E-state index in [9.17, 15) is 14.0 Å². The lowest BCUT2D eigenvalue weighted by molar-refractivity contribution is -0.128. The van der Waals surface area contributed by atoms with E-state index in [4.69, 9.17) is 0 Å². The van der Waals surface area contributed by atoms with Gasteiger partial charge >= 0.3 is 0 Å². The second-order valence-electron chi connectivity index (χ2n) is 5.83. The number of nitrogens with one attached hydrogen (secondary N) is 1. The molecule has 0 bridgehead atoms. The van der Waals surface area contributed by atoms with Gasteiger partial charge in [-0.3, -0.25) is 9.59 Å². The summed E-state index contributed by atoms with van der Waals surface area (Å²) in [7, 11) is 0. The number of hydrogen-bond donors (Lipinski definition) is 1. The summed E-state index contributed by atoms with van der Waals surface area (Å²) < 4.78 is 13.2. The fourth-order valence-electron chi connectivity index (χ4n) is 2.72. The molecule has 2 amide bonds. The standard InChI is InChI=1S/C18H18FN3O2S/c19-14-5-3-4-13(8-14)10-22-11-15(9-18(22)24)21-16(23)12-25-17-6-1-2-7-20-17/h1-8,15H,9-12H2,(H,21,23)/t15-/m1/s1. The first-order chi connectivity index (χ1) is 12.1. The molecule has 1 aliphatic rings. The van der Waals surface area contributed by atoms with Gasteiger partial charge in [0.15, 0.2) is 0 Å². The average molecular weight is 359 g/mol. The number of aromatic nitrogens is 1. The lowest BCUT2D eigenvalue weighted by atomic mass is 10.2. The molecule has 0 radical (unpaired) electrons. The topological polar surface area (TPSA) is 62.3 Å². The van der Waals surface area contributed by atoms with E-state index in [1.54, 1.807) is 23.2 Å². The fourth-order valence-corrected chi connectivity index (χ4v) is 3.39. The number of amides is 2. The van der Waals surface area contributed by atoms with E-state index in [1.807, 2.05) is 18.2 Å². The van der Waals surface area contributed by atoms with Gasteiger partial charge in [0.25, 0.3) is 0 Å². The van der Waals surface area contributed by atoms with Crippen molar-refractivity contribution in [2.24, 2.45) is 0 Å². The molecule has 1 aliphatic heterocycles. The molecule has 1 N–H and O–H groups in total. The van der Waals surface area contributed by atoms with Crippen LogP contribution in [0.4, 0.5) is 4.39 Å². The predicted molar refractivity (Wildman–Crippen MR) is 93.3 cm³/mol. The predicted octanol–water partition coefficient (Wildman–Crippen LogP) is 2.23. The van der Waals surface area contributed by atoms with E-state index in [0.29, 0.717) is 13.1 Å². The highest BCUT2D eigenvalue weighted by Gasteiger charge is 2.30. The van der Waals surface area contributed by atoms with Crippen molar-refractivity contribution in [1.29, 1.82) is 0 Å². The van der Waals surface area contributed by atoms with E-state index in [2.05, 4.69) is 10.3 Å². The number of nitrogens with zero attached hydrogens (tertiary/aromatic N) is 2. The lowest BCUT2D eigenvalue weighted by Crippen LogP contribution is -2.38. The molecule has 1 aromatic carbocycles. The van der Waals surface area contributed by atoms with Crippen LogP contribution in [-0.4, -0.2) is 40.0 Å². The third kappa shape index (κ3) is 5.03. The summed E-state index contributed by atoms with van der Waals surface area (Å²) in [5, 5.41) is 3.67. The average Bonchev–Trinajstić information content (AvgIpc) is 2.93. The maximum absolute atomic E-state index is 13.2. The van der Waals surface area contributed by atoms with Gasteiger partial charge < -0.3 is 10.2 Å². The molecule has 2 heterocycles. The lowest BCUT2D eigenvalue weighted by Gasteiger charge is -2.17. The Bertz CT molecular complexity index is 757. The molecule has 1 atom stereocenters. The Morgan fingerprint density at radius 2 is 2.20 bits per heavy atom. The maximum atomic E-state index is 13.2. The minimum Gasteiger partial charge on any atom is -0.350 e. The zero-order valence-electron chi connectivity index (χ0n) is 13.5. The van der Waals surface area contributed by atoms with Crippen molar-refractivity contribution >= 4 is 23.6 Å². The molecule has 130 valence electrons. The van der Waals surface area contributed by atoms with E-state index in [1.165, 1.54) is 23.9 Å². The highest BCUT2D eigenvalue weighted by atomic mass is 32.2. The van der Waals surface area contributed by atoms with Crippen LogP contribution < -0.4 is 5.32 Å². The zero-order valence-corrected chi connectivity index (χ0v) is 14.3. The van der Waals surface area contributed by atoms with Crippen LogP contribution in [0.1, 0.15) is 12.0 Å². The fraction of sp³-hybridized carbons (Fsp3) is 0.278. The molecule has 1 saturated heterocycles. The number of likely N-dealkylation sites (tertiary alicyclic amines) is 1. The number of hydrogen-bond acceptors (Lipinski definition) is 4. The van der Waals surface area contributed by atoms with Crippen molar-refractivity contribution in [3.8, 4) is 0 Å². The van der Waals surface area contributed by atoms with Crippen molar-refractivity contribution in [1.82, 2.24) is 15.2 Å². The van der Waals surface area contributed by atoms with Gasteiger partial charge in [0.2, 0.25) is 11.8 Å². The van der Waals surface area contributed by atoms with Gasteiger partial charge in [-0.05, 0) is 29.8 Å². The molecule has 0 saturated carbocycles. The molecule has 5 nitrogen and oxygen atoms in total. The highest BCUT2D eigenvalue weighted by molar-refractivity contribution is 7.99. The van der Waals surface area contributed by atoms with Crippen molar-refractivity contribution in [3.63, 3.8) is 0 Å². The largest absolute Gasteiger partial charge is 0.350 e. The highest BCUT2D eigenvalue weighted by Crippen LogP contribution is 2.17. The van der Waals surface area contributed by atoms with Crippen molar-refractivity contribution in [3.05, 3.63) is 60.0 Å². The SMILES string of the molecule is O=C(CSc1ccccn1)N[C@@H]1CC(=O)N(Cc2cccc(F)c2)C1. The molecule has 3 rings (SSSR count). The molecule has 1 fully saturated rings. The first-order valence-corrected chi connectivity index (χ1v) is 8.94. The minimum absolute atomic E-state index is 0.0352. The van der Waals surface area contributed by atoms with Crippen LogP contribution in [0.3, 0.4) is 0 Å². The van der Waals surface area contributed by atoms with Crippen molar-refractivity contribution in [2.75, 3.05) is 12.3 Å². The third-order valence-corrected chi connectivity index (χ3v) is 4.77. The molecule has 25 heavy (non-hydrogen) atoms. The summed E-state index contributed by atoms with van der Waals surface area (Å²) in [6.07, 6.45) is 1.95. The zero-order chi connectivity index (χ0) is 17.6. The van der Waals surface area contributed by atoms with E-state index >= 15 is 0 Å². The Balaban J connectivity index is 1.48. The second kappa shape index (κ2) is 8.11. The Hall–Kier alpha value is -2.41. The molecule has 7 heteroatoms. The van der Waals surface area contributed by atoms with Crippen LogP contribution in [0, 0.1) is 5.82 Å². The number of benzene rings is 1. The summed E-state index contributed by atoms with van der Waals surface area (Å²) in [6.45, 7) is 0.793. The molecule has 0 aliphatic carbocycles. The van der Waals surface area contributed by atoms with Crippen LogP contribution in [0.25, 0.3) is 0 Å². The second-order valence-corrected chi connectivity index (χ2v) is 6.83. The van der Waals surface area contributed by atoms with Crippen molar-refractivity contribution < 1.29 is 14.0 Å².